The lowest BCUT2D eigenvalue weighted by molar-refractivity contribution is 0.0921. The van der Waals surface area contributed by atoms with Crippen LogP contribution in [0.3, 0.4) is 0 Å². The van der Waals surface area contributed by atoms with Gasteiger partial charge in [0, 0.05) is 5.56 Å². The molecule has 0 aliphatic rings. The summed E-state index contributed by atoms with van der Waals surface area (Å²) in [4.78, 5) is 12.4. The second kappa shape index (κ2) is 8.70. The van der Waals surface area contributed by atoms with Gasteiger partial charge >= 0.3 is 0 Å². The Labute approximate surface area is 148 Å². The van der Waals surface area contributed by atoms with Gasteiger partial charge in [0.2, 0.25) is 0 Å². The zero-order chi connectivity index (χ0) is 18.1. The van der Waals surface area contributed by atoms with Crippen LogP contribution in [-0.4, -0.2) is 18.1 Å². The summed E-state index contributed by atoms with van der Waals surface area (Å²) >= 11 is 0. The van der Waals surface area contributed by atoms with Crippen LogP contribution in [0.2, 0.25) is 0 Å². The van der Waals surface area contributed by atoms with Gasteiger partial charge in [-0.1, -0.05) is 43.0 Å². The Kier molecular flexibility index (Phi) is 6.36. The number of rotatable bonds is 8. The van der Waals surface area contributed by atoms with Gasteiger partial charge in [0.1, 0.15) is 17.9 Å². The predicted octanol–water partition coefficient (Wildman–Crippen LogP) is 3.90. The summed E-state index contributed by atoms with van der Waals surface area (Å²) in [5, 5.41) is 12.3. The summed E-state index contributed by atoms with van der Waals surface area (Å²) in [6.45, 7) is 5.75. The fraction of sp³-hybridized carbons (Fsp3) is 0.238. The second-order valence-corrected chi connectivity index (χ2v) is 6.01. The van der Waals surface area contributed by atoms with E-state index in [0.717, 1.165) is 12.0 Å². The first-order valence-electron chi connectivity index (χ1n) is 8.18. The summed E-state index contributed by atoms with van der Waals surface area (Å²) in [6.07, 6.45) is 2.92. The number of nitriles is 1. The van der Waals surface area contributed by atoms with E-state index in [4.69, 9.17) is 4.74 Å². The fourth-order valence-electron chi connectivity index (χ4n) is 2.37. The van der Waals surface area contributed by atoms with Gasteiger partial charge in [-0.25, -0.2) is 0 Å². The van der Waals surface area contributed by atoms with Crippen LogP contribution in [0.5, 0.6) is 5.75 Å². The van der Waals surface area contributed by atoms with Gasteiger partial charge < -0.3 is 10.1 Å². The van der Waals surface area contributed by atoms with Crippen LogP contribution in [0.1, 0.15) is 29.3 Å². The van der Waals surface area contributed by atoms with Crippen LogP contribution in [0.25, 0.3) is 0 Å². The Morgan fingerprint density at radius 1 is 1.24 bits per heavy atom. The highest BCUT2D eigenvalue weighted by atomic mass is 16.5. The molecule has 0 radical (unpaired) electrons. The predicted molar refractivity (Wildman–Crippen MR) is 98.4 cm³/mol. The van der Waals surface area contributed by atoms with Crippen LogP contribution in [0, 0.1) is 11.3 Å². The molecule has 1 N–H and O–H groups in total. The zero-order valence-electron chi connectivity index (χ0n) is 14.4. The largest absolute Gasteiger partial charge is 0.490 e. The van der Waals surface area contributed by atoms with E-state index in [2.05, 4.69) is 18.0 Å². The molecule has 0 fully saturated rings. The van der Waals surface area contributed by atoms with Crippen LogP contribution >= 0.6 is 0 Å². The number of aryl methyl sites for hydroxylation is 1. The molecule has 128 valence electrons. The van der Waals surface area contributed by atoms with Gasteiger partial charge in [0.15, 0.2) is 0 Å². The molecule has 0 bridgehead atoms. The third-order valence-electron chi connectivity index (χ3n) is 3.88. The molecular formula is C21H22N2O2. The van der Waals surface area contributed by atoms with E-state index in [0.29, 0.717) is 24.3 Å². The topological polar surface area (TPSA) is 62.1 Å². The Balaban J connectivity index is 1.98. The first-order chi connectivity index (χ1) is 12.1. The standard InChI is InChI=1S/C21H22N2O2/c1-3-15-25-19-11-9-18(10-12-19)20(24)23-21(2,16-22)14-13-17-7-5-4-6-8-17/h3-12H,1,13-15H2,2H3,(H,23,24)/t21-/m1/s1. The molecule has 1 atom stereocenters. The van der Waals surface area contributed by atoms with Gasteiger partial charge in [0.25, 0.3) is 5.91 Å². The maximum absolute atomic E-state index is 12.4. The van der Waals surface area contributed by atoms with Crippen molar-refractivity contribution >= 4 is 5.91 Å². The molecule has 25 heavy (non-hydrogen) atoms. The maximum Gasteiger partial charge on any atom is 0.252 e. The quantitative estimate of drug-likeness (QED) is 0.745. The minimum Gasteiger partial charge on any atom is -0.490 e. The third kappa shape index (κ3) is 5.50. The molecule has 0 unspecified atom stereocenters. The summed E-state index contributed by atoms with van der Waals surface area (Å²) in [7, 11) is 0. The summed E-state index contributed by atoms with van der Waals surface area (Å²) in [6, 6.07) is 19.0. The number of carbonyl (C=O) groups excluding carboxylic acids is 1. The van der Waals surface area contributed by atoms with Crippen molar-refractivity contribution in [3.8, 4) is 11.8 Å². The summed E-state index contributed by atoms with van der Waals surface area (Å²) < 4.78 is 5.40. The van der Waals surface area contributed by atoms with E-state index in [-0.39, 0.29) is 5.91 Å². The van der Waals surface area contributed by atoms with E-state index in [1.54, 1.807) is 37.3 Å². The lowest BCUT2D eigenvalue weighted by Crippen LogP contribution is -2.45. The number of nitrogens with zero attached hydrogens (tertiary/aromatic N) is 1. The van der Waals surface area contributed by atoms with E-state index in [1.165, 1.54) is 0 Å². The SMILES string of the molecule is C=CCOc1ccc(C(=O)N[C@@](C)(C#N)CCc2ccccc2)cc1. The zero-order valence-corrected chi connectivity index (χ0v) is 14.4. The number of carbonyl (C=O) groups is 1. The van der Waals surface area contributed by atoms with Crippen molar-refractivity contribution in [2.45, 2.75) is 25.3 Å². The summed E-state index contributed by atoms with van der Waals surface area (Å²) in [5.74, 6) is 0.399. The molecule has 2 aromatic rings. The third-order valence-corrected chi connectivity index (χ3v) is 3.88. The summed E-state index contributed by atoms with van der Waals surface area (Å²) in [5.41, 5.74) is 0.708. The minimum atomic E-state index is -0.926. The molecule has 2 aromatic carbocycles. The molecule has 0 aromatic heterocycles. The first kappa shape index (κ1) is 18.3. The van der Waals surface area contributed by atoms with Gasteiger partial charge in [-0.15, -0.1) is 0 Å². The molecule has 1 amide bonds. The number of hydrogen-bond donors (Lipinski definition) is 1. The highest BCUT2D eigenvalue weighted by molar-refractivity contribution is 5.95. The number of hydrogen-bond acceptors (Lipinski definition) is 3. The fourth-order valence-corrected chi connectivity index (χ4v) is 2.37. The van der Waals surface area contributed by atoms with Gasteiger partial charge in [-0.05, 0) is 49.6 Å². The Morgan fingerprint density at radius 3 is 2.52 bits per heavy atom. The van der Waals surface area contributed by atoms with Gasteiger partial charge in [0.05, 0.1) is 6.07 Å². The van der Waals surface area contributed by atoms with E-state index in [9.17, 15) is 10.1 Å². The van der Waals surface area contributed by atoms with Crippen molar-refractivity contribution in [3.05, 3.63) is 78.4 Å². The first-order valence-corrected chi connectivity index (χ1v) is 8.18. The van der Waals surface area contributed by atoms with Crippen LogP contribution in [0.15, 0.2) is 67.3 Å². The van der Waals surface area contributed by atoms with Crippen LogP contribution in [-0.2, 0) is 6.42 Å². The molecule has 4 nitrogen and oxygen atoms in total. The van der Waals surface area contributed by atoms with Crippen molar-refractivity contribution in [1.29, 1.82) is 5.26 Å². The molecule has 4 heteroatoms. The van der Waals surface area contributed by atoms with Crippen LogP contribution in [0.4, 0.5) is 0 Å². The molecular weight excluding hydrogens is 312 g/mol. The van der Waals surface area contributed by atoms with Crippen molar-refractivity contribution in [1.82, 2.24) is 5.32 Å². The van der Waals surface area contributed by atoms with Crippen molar-refractivity contribution in [3.63, 3.8) is 0 Å². The lowest BCUT2D eigenvalue weighted by atomic mass is 9.94. The maximum atomic E-state index is 12.4. The average molecular weight is 334 g/mol. The number of amides is 1. The van der Waals surface area contributed by atoms with Crippen molar-refractivity contribution < 1.29 is 9.53 Å². The Hall–Kier alpha value is -3.06. The van der Waals surface area contributed by atoms with Gasteiger partial charge in [-0.2, -0.15) is 5.26 Å². The second-order valence-electron chi connectivity index (χ2n) is 6.01. The smallest absolute Gasteiger partial charge is 0.252 e. The molecule has 0 aliphatic carbocycles. The lowest BCUT2D eigenvalue weighted by Gasteiger charge is -2.23. The van der Waals surface area contributed by atoms with E-state index >= 15 is 0 Å². The number of ether oxygens (including phenoxy) is 1. The van der Waals surface area contributed by atoms with E-state index in [1.807, 2.05) is 30.3 Å². The molecule has 0 spiro atoms. The average Bonchev–Trinajstić information content (AvgIpc) is 2.66. The molecule has 0 aliphatic heterocycles. The monoisotopic (exact) mass is 334 g/mol. The molecule has 0 saturated carbocycles. The molecule has 2 rings (SSSR count). The normalized spacial score (nSPS) is 12.5. The highest BCUT2D eigenvalue weighted by Crippen LogP contribution is 2.16. The molecule has 0 heterocycles. The Morgan fingerprint density at radius 2 is 1.92 bits per heavy atom. The highest BCUT2D eigenvalue weighted by Gasteiger charge is 2.26. The molecule has 0 saturated heterocycles. The van der Waals surface area contributed by atoms with Gasteiger partial charge in [-0.3, -0.25) is 4.79 Å². The Bertz CT molecular complexity index is 748. The van der Waals surface area contributed by atoms with Crippen molar-refractivity contribution in [2.75, 3.05) is 6.61 Å². The van der Waals surface area contributed by atoms with Crippen molar-refractivity contribution in [2.24, 2.45) is 0 Å². The van der Waals surface area contributed by atoms with E-state index < -0.39 is 5.54 Å². The minimum absolute atomic E-state index is 0.271. The number of benzene rings is 2. The van der Waals surface area contributed by atoms with Crippen LogP contribution < -0.4 is 10.1 Å². The number of nitrogens with one attached hydrogen (secondary N) is 1.